The molecule has 0 aromatic heterocycles. The standard InChI is InChI=1S/C18H21ClN2O5S/c1-25-16(22)14-9-17(11-21(14)27(2,23)24)10-15(20-26-17)18(7-8-18)12-3-5-13(19)6-4-12/h3-6,14H,7-11H2,1-2H3/t14-,17?/m0/s1. The summed E-state index contributed by atoms with van der Waals surface area (Å²) in [4.78, 5) is 17.9. The van der Waals surface area contributed by atoms with Crippen molar-refractivity contribution in [2.24, 2.45) is 5.16 Å². The second-order valence-electron chi connectivity index (χ2n) is 7.63. The second kappa shape index (κ2) is 6.18. The van der Waals surface area contributed by atoms with Crippen LogP contribution in [0.4, 0.5) is 0 Å². The molecule has 7 nitrogen and oxygen atoms in total. The predicted octanol–water partition coefficient (Wildman–Crippen LogP) is 2.09. The fourth-order valence-corrected chi connectivity index (χ4v) is 5.43. The molecule has 3 aliphatic rings. The van der Waals surface area contributed by atoms with E-state index in [1.165, 1.54) is 11.4 Å². The Hall–Kier alpha value is -1.64. The third-order valence-corrected chi connectivity index (χ3v) is 7.28. The van der Waals surface area contributed by atoms with Gasteiger partial charge in [-0.25, -0.2) is 8.42 Å². The molecule has 1 saturated heterocycles. The zero-order valence-corrected chi connectivity index (χ0v) is 16.7. The molecular weight excluding hydrogens is 392 g/mol. The molecule has 4 rings (SSSR count). The number of hydrogen-bond donors (Lipinski definition) is 0. The van der Waals surface area contributed by atoms with Crippen molar-refractivity contribution < 1.29 is 22.8 Å². The smallest absolute Gasteiger partial charge is 0.324 e. The Labute approximate surface area is 163 Å². The van der Waals surface area contributed by atoms with Crippen molar-refractivity contribution in [3.05, 3.63) is 34.9 Å². The number of ether oxygens (including phenoxy) is 1. The third-order valence-electron chi connectivity index (χ3n) is 5.79. The summed E-state index contributed by atoms with van der Waals surface area (Å²) >= 11 is 6.00. The van der Waals surface area contributed by atoms with Gasteiger partial charge in [-0.05, 0) is 30.5 Å². The summed E-state index contributed by atoms with van der Waals surface area (Å²) in [6, 6.07) is 6.83. The largest absolute Gasteiger partial charge is 0.468 e. The number of benzene rings is 1. The minimum Gasteiger partial charge on any atom is -0.468 e. The molecule has 2 aliphatic heterocycles. The van der Waals surface area contributed by atoms with Crippen LogP contribution in [0.5, 0.6) is 0 Å². The molecule has 0 radical (unpaired) electrons. The number of sulfonamides is 1. The highest BCUT2D eigenvalue weighted by Gasteiger charge is 2.60. The average Bonchev–Trinajstić information content (AvgIpc) is 3.18. The molecule has 2 atom stereocenters. The van der Waals surface area contributed by atoms with E-state index in [-0.39, 0.29) is 18.4 Å². The molecule has 2 heterocycles. The van der Waals surface area contributed by atoms with E-state index < -0.39 is 27.6 Å². The predicted molar refractivity (Wildman–Crippen MR) is 100 cm³/mol. The van der Waals surface area contributed by atoms with Crippen LogP contribution in [0.15, 0.2) is 29.4 Å². The fraction of sp³-hybridized carbons (Fsp3) is 0.556. The molecule has 9 heteroatoms. The normalized spacial score (nSPS) is 29.4. The molecule has 1 aromatic carbocycles. The maximum absolute atomic E-state index is 12.2. The van der Waals surface area contributed by atoms with Crippen LogP contribution in [0.25, 0.3) is 0 Å². The number of halogens is 1. The SMILES string of the molecule is COC(=O)[C@@H]1CC2(CC(C3(c4ccc(Cl)cc4)CC3)=NO2)CN1S(C)(=O)=O. The lowest BCUT2D eigenvalue weighted by atomic mass is 9.83. The summed E-state index contributed by atoms with van der Waals surface area (Å²) in [5.41, 5.74) is 1.05. The van der Waals surface area contributed by atoms with Crippen LogP contribution in [-0.2, 0) is 29.8 Å². The van der Waals surface area contributed by atoms with E-state index in [9.17, 15) is 13.2 Å². The molecule has 0 N–H and O–H groups in total. The fourth-order valence-electron chi connectivity index (χ4n) is 4.21. The Bertz CT molecular complexity index is 910. The lowest BCUT2D eigenvalue weighted by Gasteiger charge is -2.22. The van der Waals surface area contributed by atoms with Gasteiger partial charge in [0.25, 0.3) is 0 Å². The first-order valence-corrected chi connectivity index (χ1v) is 11.0. The van der Waals surface area contributed by atoms with Crippen molar-refractivity contribution in [3.8, 4) is 0 Å². The summed E-state index contributed by atoms with van der Waals surface area (Å²) in [6.07, 6.45) is 3.74. The van der Waals surface area contributed by atoms with Crippen LogP contribution in [0.2, 0.25) is 5.02 Å². The highest BCUT2D eigenvalue weighted by Crippen LogP contribution is 2.54. The van der Waals surface area contributed by atoms with Crippen molar-refractivity contribution in [1.29, 1.82) is 0 Å². The Morgan fingerprint density at radius 1 is 1.33 bits per heavy atom. The van der Waals surface area contributed by atoms with Crippen LogP contribution >= 0.6 is 11.6 Å². The molecular formula is C18H21ClN2O5S. The molecule has 27 heavy (non-hydrogen) atoms. The number of hydrogen-bond acceptors (Lipinski definition) is 6. The second-order valence-corrected chi connectivity index (χ2v) is 10.0. The van der Waals surface area contributed by atoms with E-state index in [0.717, 1.165) is 30.4 Å². The van der Waals surface area contributed by atoms with Crippen LogP contribution in [0.1, 0.15) is 31.2 Å². The van der Waals surface area contributed by atoms with E-state index in [4.69, 9.17) is 21.2 Å². The maximum Gasteiger partial charge on any atom is 0.324 e. The van der Waals surface area contributed by atoms with Crippen LogP contribution in [0.3, 0.4) is 0 Å². The van der Waals surface area contributed by atoms with Crippen LogP contribution in [0, 0.1) is 0 Å². The van der Waals surface area contributed by atoms with Crippen molar-refractivity contribution >= 4 is 33.3 Å². The van der Waals surface area contributed by atoms with Gasteiger partial charge in [0.05, 0.1) is 25.6 Å². The Kier molecular flexibility index (Phi) is 4.29. The number of carbonyl (C=O) groups is 1. The first-order chi connectivity index (χ1) is 12.7. The zero-order chi connectivity index (χ0) is 19.4. The topological polar surface area (TPSA) is 85.3 Å². The van der Waals surface area contributed by atoms with Crippen LogP contribution < -0.4 is 0 Å². The van der Waals surface area contributed by atoms with E-state index in [1.807, 2.05) is 24.3 Å². The molecule has 0 bridgehead atoms. The number of rotatable bonds is 4. The molecule has 2 fully saturated rings. The molecule has 1 aromatic rings. The highest BCUT2D eigenvalue weighted by molar-refractivity contribution is 7.88. The third kappa shape index (κ3) is 3.13. The van der Waals surface area contributed by atoms with E-state index in [1.54, 1.807) is 0 Å². The minimum absolute atomic E-state index is 0.0926. The molecule has 0 amide bonds. The van der Waals surface area contributed by atoms with E-state index >= 15 is 0 Å². The van der Waals surface area contributed by atoms with Crippen LogP contribution in [-0.4, -0.2) is 56.0 Å². The Balaban J connectivity index is 1.58. The van der Waals surface area contributed by atoms with Gasteiger partial charge in [-0.1, -0.05) is 28.9 Å². The maximum atomic E-state index is 12.2. The van der Waals surface area contributed by atoms with Gasteiger partial charge >= 0.3 is 5.97 Å². The van der Waals surface area contributed by atoms with Crippen molar-refractivity contribution in [1.82, 2.24) is 4.31 Å². The van der Waals surface area contributed by atoms with Gasteiger partial charge in [0, 0.05) is 23.3 Å². The molecule has 1 unspecified atom stereocenters. The van der Waals surface area contributed by atoms with Gasteiger partial charge in [0.15, 0.2) is 5.60 Å². The number of methoxy groups -OCH3 is 1. The monoisotopic (exact) mass is 412 g/mol. The van der Waals surface area contributed by atoms with Gasteiger partial charge in [-0.2, -0.15) is 4.31 Å². The molecule has 146 valence electrons. The number of nitrogens with zero attached hydrogens (tertiary/aromatic N) is 2. The van der Waals surface area contributed by atoms with E-state index in [0.29, 0.717) is 11.4 Å². The molecule has 1 saturated carbocycles. The quantitative estimate of drug-likeness (QED) is 0.707. The zero-order valence-electron chi connectivity index (χ0n) is 15.1. The first kappa shape index (κ1) is 18.7. The average molecular weight is 413 g/mol. The number of oxime groups is 1. The number of esters is 1. The lowest BCUT2D eigenvalue weighted by molar-refractivity contribution is -0.144. The highest BCUT2D eigenvalue weighted by atomic mass is 35.5. The van der Waals surface area contributed by atoms with Gasteiger partial charge in [-0.3, -0.25) is 4.79 Å². The Morgan fingerprint density at radius 2 is 2.00 bits per heavy atom. The Morgan fingerprint density at radius 3 is 2.56 bits per heavy atom. The minimum atomic E-state index is -3.58. The van der Waals surface area contributed by atoms with Crippen molar-refractivity contribution in [2.45, 2.75) is 42.7 Å². The summed E-state index contributed by atoms with van der Waals surface area (Å²) in [5, 5.41) is 5.03. The summed E-state index contributed by atoms with van der Waals surface area (Å²) in [6.45, 7) is 0.0926. The molecule has 1 spiro atoms. The van der Waals surface area contributed by atoms with Gasteiger partial charge < -0.3 is 9.57 Å². The molecule has 1 aliphatic carbocycles. The lowest BCUT2D eigenvalue weighted by Crippen LogP contribution is -2.41. The van der Waals surface area contributed by atoms with Crippen molar-refractivity contribution in [2.75, 3.05) is 19.9 Å². The van der Waals surface area contributed by atoms with Gasteiger partial charge in [0.1, 0.15) is 6.04 Å². The number of carbonyl (C=O) groups excluding carboxylic acids is 1. The van der Waals surface area contributed by atoms with Gasteiger partial charge in [0.2, 0.25) is 10.0 Å². The van der Waals surface area contributed by atoms with Crippen molar-refractivity contribution in [3.63, 3.8) is 0 Å². The first-order valence-electron chi connectivity index (χ1n) is 8.75. The summed E-state index contributed by atoms with van der Waals surface area (Å²) in [5.74, 6) is -0.576. The van der Waals surface area contributed by atoms with Gasteiger partial charge in [-0.15, -0.1) is 0 Å². The summed E-state index contributed by atoms with van der Waals surface area (Å²) < 4.78 is 30.3. The summed E-state index contributed by atoms with van der Waals surface area (Å²) in [7, 11) is -2.32. The van der Waals surface area contributed by atoms with E-state index in [2.05, 4.69) is 5.16 Å².